The van der Waals surface area contributed by atoms with Gasteiger partial charge >= 0.3 is 0 Å². The molecule has 2 rings (SSSR count). The third-order valence-electron chi connectivity index (χ3n) is 3.58. The molecule has 0 aromatic carbocycles. The van der Waals surface area contributed by atoms with Crippen molar-refractivity contribution in [3.05, 3.63) is 23.7 Å². The molecule has 0 bridgehead atoms. The first-order valence-electron chi connectivity index (χ1n) is 6.87. The number of piperazine rings is 1. The number of nitrogens with zero attached hydrogens (tertiary/aromatic N) is 2. The third-order valence-corrected chi connectivity index (χ3v) is 3.58. The zero-order valence-corrected chi connectivity index (χ0v) is 11.8. The van der Waals surface area contributed by atoms with Crippen molar-refractivity contribution >= 4 is 5.91 Å². The monoisotopic (exact) mass is 265 g/mol. The van der Waals surface area contributed by atoms with Gasteiger partial charge in [0.15, 0.2) is 0 Å². The fourth-order valence-electron chi connectivity index (χ4n) is 2.30. The Morgan fingerprint density at radius 3 is 2.84 bits per heavy atom. The number of hydrogen-bond acceptors (Lipinski definition) is 4. The smallest absolute Gasteiger partial charge is 0.223 e. The van der Waals surface area contributed by atoms with Crippen LogP contribution in [0.15, 0.2) is 16.7 Å². The van der Waals surface area contributed by atoms with E-state index in [0.29, 0.717) is 6.42 Å². The number of hydrogen-bond donors (Lipinski definition) is 1. The molecule has 5 nitrogen and oxygen atoms in total. The Hall–Kier alpha value is -1.33. The molecule has 106 valence electrons. The molecular formula is C14H23N3O2. The maximum absolute atomic E-state index is 12.0. The lowest BCUT2D eigenvalue weighted by atomic mass is 10.2. The average molecular weight is 265 g/mol. The van der Waals surface area contributed by atoms with Gasteiger partial charge in [0.2, 0.25) is 5.91 Å². The van der Waals surface area contributed by atoms with Crippen molar-refractivity contribution in [3.8, 4) is 0 Å². The minimum Gasteiger partial charge on any atom is -0.469 e. The van der Waals surface area contributed by atoms with Crippen LogP contribution in [0.1, 0.15) is 17.7 Å². The number of furan rings is 1. The van der Waals surface area contributed by atoms with Crippen LogP contribution < -0.4 is 5.32 Å². The molecule has 1 N–H and O–H groups in total. The topological polar surface area (TPSA) is 48.7 Å². The number of nitrogens with one attached hydrogen (secondary N) is 1. The average Bonchev–Trinajstić information content (AvgIpc) is 2.82. The number of carbonyl (C=O) groups is 1. The molecule has 1 aliphatic rings. The molecule has 0 spiro atoms. The molecule has 1 fully saturated rings. The minimum atomic E-state index is 0.261. The molecule has 0 atom stereocenters. The Bertz CT molecular complexity index is 411. The lowest BCUT2D eigenvalue weighted by molar-refractivity contribution is -0.132. The van der Waals surface area contributed by atoms with E-state index in [0.717, 1.165) is 45.0 Å². The predicted molar refractivity (Wildman–Crippen MR) is 73.8 cm³/mol. The van der Waals surface area contributed by atoms with E-state index in [9.17, 15) is 4.79 Å². The van der Waals surface area contributed by atoms with Gasteiger partial charge in [-0.3, -0.25) is 4.79 Å². The van der Waals surface area contributed by atoms with Crippen molar-refractivity contribution < 1.29 is 9.21 Å². The number of rotatable bonds is 5. The molecule has 0 unspecified atom stereocenters. The Balaban J connectivity index is 1.72. The van der Waals surface area contributed by atoms with Gasteiger partial charge < -0.3 is 19.5 Å². The normalized spacial score (nSPS) is 16.1. The Labute approximate surface area is 114 Å². The van der Waals surface area contributed by atoms with Crippen LogP contribution in [0.2, 0.25) is 0 Å². The van der Waals surface area contributed by atoms with Crippen LogP contribution in [-0.4, -0.2) is 55.5 Å². The molecule has 1 amide bonds. The molecule has 0 radical (unpaired) electrons. The van der Waals surface area contributed by atoms with Gasteiger partial charge in [-0.15, -0.1) is 0 Å². The highest BCUT2D eigenvalue weighted by molar-refractivity contribution is 5.76. The molecule has 5 heteroatoms. The first-order valence-corrected chi connectivity index (χ1v) is 6.87. The van der Waals surface area contributed by atoms with E-state index in [1.54, 1.807) is 6.26 Å². The van der Waals surface area contributed by atoms with Crippen LogP contribution in [0.5, 0.6) is 0 Å². The maximum Gasteiger partial charge on any atom is 0.223 e. The van der Waals surface area contributed by atoms with Crippen molar-refractivity contribution in [1.29, 1.82) is 0 Å². The van der Waals surface area contributed by atoms with Crippen molar-refractivity contribution in [2.45, 2.75) is 19.9 Å². The summed E-state index contributed by atoms with van der Waals surface area (Å²) in [5.41, 5.74) is 1.19. The second kappa shape index (κ2) is 6.73. The summed E-state index contributed by atoms with van der Waals surface area (Å²) in [5.74, 6) is 1.22. The van der Waals surface area contributed by atoms with Crippen LogP contribution in [0.25, 0.3) is 0 Å². The van der Waals surface area contributed by atoms with Gasteiger partial charge in [0.05, 0.1) is 6.26 Å². The highest BCUT2D eigenvalue weighted by atomic mass is 16.3. The molecule has 1 aliphatic heterocycles. The fraction of sp³-hybridized carbons (Fsp3) is 0.643. The lowest BCUT2D eigenvalue weighted by Gasteiger charge is -2.28. The summed E-state index contributed by atoms with van der Waals surface area (Å²) in [6.07, 6.45) is 2.30. The molecule has 0 aliphatic carbocycles. The minimum absolute atomic E-state index is 0.261. The summed E-state index contributed by atoms with van der Waals surface area (Å²) >= 11 is 0. The summed E-state index contributed by atoms with van der Waals surface area (Å²) in [4.78, 5) is 16.1. The fourth-order valence-corrected chi connectivity index (χ4v) is 2.30. The Morgan fingerprint density at radius 1 is 1.47 bits per heavy atom. The van der Waals surface area contributed by atoms with E-state index in [4.69, 9.17) is 4.42 Å². The highest BCUT2D eigenvalue weighted by Gasteiger charge is 2.16. The quantitative estimate of drug-likeness (QED) is 0.857. The van der Waals surface area contributed by atoms with E-state index in [-0.39, 0.29) is 5.91 Å². The van der Waals surface area contributed by atoms with Gasteiger partial charge in [-0.2, -0.15) is 0 Å². The number of aryl methyl sites for hydroxylation is 1. The second-order valence-corrected chi connectivity index (χ2v) is 5.12. The summed E-state index contributed by atoms with van der Waals surface area (Å²) in [5, 5.41) is 3.26. The molecule has 1 saturated heterocycles. The van der Waals surface area contributed by atoms with Crippen LogP contribution in [-0.2, 0) is 11.3 Å². The van der Waals surface area contributed by atoms with Crippen LogP contribution in [0, 0.1) is 6.92 Å². The Morgan fingerprint density at radius 2 is 2.21 bits per heavy atom. The van der Waals surface area contributed by atoms with Crippen molar-refractivity contribution in [1.82, 2.24) is 15.1 Å². The second-order valence-electron chi connectivity index (χ2n) is 5.12. The van der Waals surface area contributed by atoms with Crippen LogP contribution >= 0.6 is 0 Å². The largest absolute Gasteiger partial charge is 0.469 e. The zero-order chi connectivity index (χ0) is 13.7. The number of carbonyl (C=O) groups excluding carboxylic acids is 1. The van der Waals surface area contributed by atoms with Gasteiger partial charge in [-0.25, -0.2) is 0 Å². The first kappa shape index (κ1) is 14.1. The van der Waals surface area contributed by atoms with Gasteiger partial charge in [0.1, 0.15) is 5.76 Å². The van der Waals surface area contributed by atoms with Crippen LogP contribution in [0.3, 0.4) is 0 Å². The summed E-state index contributed by atoms with van der Waals surface area (Å²) in [7, 11) is 2.04. The van der Waals surface area contributed by atoms with E-state index >= 15 is 0 Å². The summed E-state index contributed by atoms with van der Waals surface area (Å²) in [6.45, 7) is 7.08. The molecule has 2 heterocycles. The molecule has 1 aromatic heterocycles. The Kier molecular flexibility index (Phi) is 4.99. The lowest BCUT2D eigenvalue weighted by Crippen LogP contribution is -2.47. The summed E-state index contributed by atoms with van der Waals surface area (Å²) < 4.78 is 5.28. The van der Waals surface area contributed by atoms with Gasteiger partial charge in [-0.05, 0) is 20.0 Å². The van der Waals surface area contributed by atoms with Crippen LogP contribution in [0.4, 0.5) is 0 Å². The predicted octanol–water partition coefficient (Wildman–Crippen LogP) is 0.842. The molecule has 0 saturated carbocycles. The van der Waals surface area contributed by atoms with E-state index in [1.165, 1.54) is 5.56 Å². The first-order chi connectivity index (χ1) is 9.16. The molecule has 1 aromatic rings. The van der Waals surface area contributed by atoms with Crippen molar-refractivity contribution in [2.75, 3.05) is 39.8 Å². The highest BCUT2D eigenvalue weighted by Crippen LogP contribution is 2.11. The number of amides is 1. The van der Waals surface area contributed by atoms with E-state index in [2.05, 4.69) is 10.2 Å². The molecular weight excluding hydrogens is 242 g/mol. The van der Waals surface area contributed by atoms with Gasteiger partial charge in [0.25, 0.3) is 0 Å². The third kappa shape index (κ3) is 4.08. The van der Waals surface area contributed by atoms with Gasteiger partial charge in [0, 0.05) is 51.3 Å². The zero-order valence-electron chi connectivity index (χ0n) is 11.8. The van der Waals surface area contributed by atoms with E-state index < -0.39 is 0 Å². The standard InChI is InChI=1S/C14H23N3O2/c1-12-13(4-10-19-12)11-16(2)7-3-14(18)17-8-5-15-6-9-17/h4,10,15H,3,5-9,11H2,1-2H3. The van der Waals surface area contributed by atoms with Crippen molar-refractivity contribution in [2.24, 2.45) is 0 Å². The van der Waals surface area contributed by atoms with Crippen molar-refractivity contribution in [3.63, 3.8) is 0 Å². The maximum atomic E-state index is 12.0. The summed E-state index contributed by atoms with van der Waals surface area (Å²) in [6, 6.07) is 1.99. The molecule has 19 heavy (non-hydrogen) atoms. The van der Waals surface area contributed by atoms with E-state index in [1.807, 2.05) is 24.9 Å². The van der Waals surface area contributed by atoms with Gasteiger partial charge in [-0.1, -0.05) is 0 Å². The SMILES string of the molecule is Cc1occc1CN(C)CCC(=O)N1CCNCC1.